The lowest BCUT2D eigenvalue weighted by molar-refractivity contribution is 0.0499. The van der Waals surface area contributed by atoms with Gasteiger partial charge >= 0.3 is 5.97 Å². The molecule has 0 heterocycles. The summed E-state index contributed by atoms with van der Waals surface area (Å²) in [5, 5.41) is 36.2. The molecule has 1 aromatic carbocycles. The zero-order valence-corrected chi connectivity index (χ0v) is 8.72. The van der Waals surface area contributed by atoms with E-state index in [1.165, 1.54) is 24.3 Å². The van der Waals surface area contributed by atoms with Crippen molar-refractivity contribution in [2.45, 2.75) is 12.2 Å². The number of benzene rings is 1. The number of rotatable bonds is 3. The molecule has 5 nitrogen and oxygen atoms in total. The van der Waals surface area contributed by atoms with E-state index in [1.807, 2.05) is 0 Å². The molecule has 0 amide bonds. The third-order valence-corrected chi connectivity index (χ3v) is 2.23. The molecule has 0 saturated heterocycles. The fourth-order valence-electron chi connectivity index (χ4n) is 1.21. The highest BCUT2D eigenvalue weighted by Gasteiger charge is 2.23. The van der Waals surface area contributed by atoms with Gasteiger partial charge in [0.25, 0.3) is 0 Å². The van der Waals surface area contributed by atoms with Crippen LogP contribution in [0.4, 0.5) is 0 Å². The Kier molecular flexibility index (Phi) is 3.85. The molecule has 3 N–H and O–H groups in total. The number of aliphatic hydroxyl groups is 2. The highest BCUT2D eigenvalue weighted by Crippen LogP contribution is 2.24. The summed E-state index contributed by atoms with van der Waals surface area (Å²) < 4.78 is 0. The summed E-state index contributed by atoms with van der Waals surface area (Å²) in [7, 11) is 0. The quantitative estimate of drug-likeness (QED) is 0.684. The summed E-state index contributed by atoms with van der Waals surface area (Å²) in [6.07, 6.45) is -3.30. The molecule has 2 unspecified atom stereocenters. The summed E-state index contributed by atoms with van der Waals surface area (Å²) in [4.78, 5) is 10.8. The molecule has 1 rings (SSSR count). The van der Waals surface area contributed by atoms with Gasteiger partial charge in [0.05, 0.1) is 11.6 Å². The summed E-state index contributed by atoms with van der Waals surface area (Å²) in [6.45, 7) is 0. The fraction of sp³-hybridized carbons (Fsp3) is 0.200. The van der Waals surface area contributed by atoms with Crippen LogP contribution < -0.4 is 0 Å². The number of halogens is 1. The van der Waals surface area contributed by atoms with Gasteiger partial charge in [-0.15, -0.1) is 0 Å². The smallest absolute Gasteiger partial charge is 0.336 e. The zero-order chi connectivity index (χ0) is 12.3. The zero-order valence-electron chi connectivity index (χ0n) is 7.96. The summed E-state index contributed by atoms with van der Waals surface area (Å²) in [5.41, 5.74) is -0.291. The van der Waals surface area contributed by atoms with Gasteiger partial charge < -0.3 is 15.3 Å². The van der Waals surface area contributed by atoms with Gasteiger partial charge in [-0.3, -0.25) is 0 Å². The Morgan fingerprint density at radius 3 is 2.56 bits per heavy atom. The third kappa shape index (κ3) is 2.49. The lowest BCUT2D eigenvalue weighted by Gasteiger charge is -2.14. The monoisotopic (exact) mass is 241 g/mol. The van der Waals surface area contributed by atoms with Crippen molar-refractivity contribution in [3.8, 4) is 6.07 Å². The topological polar surface area (TPSA) is 102 Å². The molecule has 0 aromatic heterocycles. The lowest BCUT2D eigenvalue weighted by Crippen LogP contribution is -2.18. The van der Waals surface area contributed by atoms with Gasteiger partial charge in [-0.1, -0.05) is 11.6 Å². The van der Waals surface area contributed by atoms with Crippen LogP contribution in [-0.2, 0) is 0 Å². The van der Waals surface area contributed by atoms with Gasteiger partial charge in [0.2, 0.25) is 0 Å². The maximum absolute atomic E-state index is 10.8. The molecule has 1 aromatic rings. The molecule has 0 aliphatic heterocycles. The van der Waals surface area contributed by atoms with E-state index < -0.39 is 18.2 Å². The molecule has 0 aliphatic rings. The molecule has 0 saturated carbocycles. The van der Waals surface area contributed by atoms with E-state index >= 15 is 0 Å². The van der Waals surface area contributed by atoms with E-state index in [9.17, 15) is 9.90 Å². The van der Waals surface area contributed by atoms with Crippen molar-refractivity contribution < 1.29 is 20.1 Å². The van der Waals surface area contributed by atoms with E-state index in [0.29, 0.717) is 0 Å². The molecule has 0 spiro atoms. The number of carboxylic acids is 1. The Morgan fingerprint density at radius 1 is 1.44 bits per heavy atom. The second kappa shape index (κ2) is 4.94. The lowest BCUT2D eigenvalue weighted by atomic mass is 9.99. The van der Waals surface area contributed by atoms with E-state index in [2.05, 4.69) is 0 Å². The van der Waals surface area contributed by atoms with Crippen molar-refractivity contribution in [1.82, 2.24) is 0 Å². The normalized spacial score (nSPS) is 13.9. The van der Waals surface area contributed by atoms with Crippen LogP contribution in [0.2, 0.25) is 5.02 Å². The van der Waals surface area contributed by atoms with Crippen LogP contribution in [0.25, 0.3) is 0 Å². The van der Waals surface area contributed by atoms with Gasteiger partial charge in [0, 0.05) is 10.6 Å². The number of aromatic carboxylic acids is 1. The highest BCUT2D eigenvalue weighted by atomic mass is 35.5. The van der Waals surface area contributed by atoms with E-state index in [0.717, 1.165) is 0 Å². The maximum atomic E-state index is 10.8. The highest BCUT2D eigenvalue weighted by molar-refractivity contribution is 6.30. The van der Waals surface area contributed by atoms with Crippen molar-refractivity contribution in [3.63, 3.8) is 0 Å². The first-order valence-corrected chi connectivity index (χ1v) is 4.63. The van der Waals surface area contributed by atoms with Crippen molar-refractivity contribution in [3.05, 3.63) is 34.3 Å². The fourth-order valence-corrected chi connectivity index (χ4v) is 1.39. The van der Waals surface area contributed by atoms with Crippen LogP contribution in [0.5, 0.6) is 0 Å². The first kappa shape index (κ1) is 12.5. The van der Waals surface area contributed by atoms with Gasteiger partial charge in [-0.2, -0.15) is 5.26 Å². The van der Waals surface area contributed by atoms with Crippen LogP contribution in [0, 0.1) is 11.3 Å². The van der Waals surface area contributed by atoms with Gasteiger partial charge in [-0.25, -0.2) is 4.79 Å². The first-order valence-electron chi connectivity index (χ1n) is 4.26. The number of nitrogens with zero attached hydrogens (tertiary/aromatic N) is 1. The van der Waals surface area contributed by atoms with Crippen LogP contribution in [0.15, 0.2) is 18.2 Å². The third-order valence-electron chi connectivity index (χ3n) is 1.99. The molecule has 2 atom stereocenters. The SMILES string of the molecule is N#CC(O)C(O)c1cc(Cl)ccc1C(=O)O. The minimum Gasteiger partial charge on any atom is -0.478 e. The number of hydrogen-bond acceptors (Lipinski definition) is 4. The molecule has 0 fully saturated rings. The summed E-state index contributed by atoms with van der Waals surface area (Å²) >= 11 is 5.64. The van der Waals surface area contributed by atoms with Gasteiger partial charge in [0.1, 0.15) is 6.10 Å². The first-order chi connectivity index (χ1) is 7.47. The van der Waals surface area contributed by atoms with Crippen molar-refractivity contribution in [2.75, 3.05) is 0 Å². The number of aliphatic hydroxyl groups excluding tert-OH is 2. The average Bonchev–Trinajstić information content (AvgIpc) is 2.26. The maximum Gasteiger partial charge on any atom is 0.336 e. The Morgan fingerprint density at radius 2 is 2.06 bits per heavy atom. The summed E-state index contributed by atoms with van der Waals surface area (Å²) in [6, 6.07) is 5.17. The Balaban J connectivity index is 3.25. The van der Waals surface area contributed by atoms with Crippen molar-refractivity contribution in [2.24, 2.45) is 0 Å². The average molecular weight is 242 g/mol. The summed E-state index contributed by atoms with van der Waals surface area (Å²) in [5.74, 6) is -1.27. The second-order valence-electron chi connectivity index (χ2n) is 3.06. The predicted molar refractivity (Wildman–Crippen MR) is 55.0 cm³/mol. The van der Waals surface area contributed by atoms with Gasteiger partial charge in [-0.05, 0) is 18.2 Å². The number of nitriles is 1. The Labute approximate surface area is 96.1 Å². The molecule has 84 valence electrons. The van der Waals surface area contributed by atoms with E-state index in [-0.39, 0.29) is 16.1 Å². The molecule has 0 aliphatic carbocycles. The Hall–Kier alpha value is -1.61. The largest absolute Gasteiger partial charge is 0.478 e. The molecular formula is C10H8ClNO4. The second-order valence-corrected chi connectivity index (χ2v) is 3.49. The minimum absolute atomic E-state index is 0.0888. The van der Waals surface area contributed by atoms with Crippen molar-refractivity contribution in [1.29, 1.82) is 5.26 Å². The standard InChI is InChI=1S/C10H8ClNO4/c11-5-1-2-6(10(15)16)7(3-5)9(14)8(13)4-12/h1-3,8-9,13-14H,(H,15,16). The predicted octanol–water partition coefficient (Wildman–Crippen LogP) is 0.956. The van der Waals surface area contributed by atoms with Crippen LogP contribution in [0.3, 0.4) is 0 Å². The van der Waals surface area contributed by atoms with Crippen LogP contribution in [-0.4, -0.2) is 27.4 Å². The Bertz CT molecular complexity index is 455. The number of carboxylic acid groups (broad SMARTS) is 1. The molecule has 16 heavy (non-hydrogen) atoms. The van der Waals surface area contributed by atoms with Crippen LogP contribution in [0.1, 0.15) is 22.0 Å². The van der Waals surface area contributed by atoms with E-state index in [4.69, 9.17) is 27.1 Å². The molecule has 6 heteroatoms. The molecule has 0 radical (unpaired) electrons. The number of hydrogen-bond donors (Lipinski definition) is 3. The molecular weight excluding hydrogens is 234 g/mol. The van der Waals surface area contributed by atoms with Gasteiger partial charge in [0.15, 0.2) is 6.10 Å². The number of carbonyl (C=O) groups is 1. The van der Waals surface area contributed by atoms with Crippen molar-refractivity contribution >= 4 is 17.6 Å². The van der Waals surface area contributed by atoms with E-state index in [1.54, 1.807) is 0 Å². The van der Waals surface area contributed by atoms with Crippen LogP contribution >= 0.6 is 11.6 Å². The molecule has 0 bridgehead atoms. The minimum atomic E-state index is -1.70.